The lowest BCUT2D eigenvalue weighted by atomic mass is 9.89. The molecule has 2 aliphatic rings. The quantitative estimate of drug-likeness (QED) is 0.921. The van der Waals surface area contributed by atoms with Gasteiger partial charge in [0.2, 0.25) is 6.10 Å². The van der Waals surface area contributed by atoms with Crippen LogP contribution < -0.4 is 15.2 Å². The molecule has 1 amide bonds. The van der Waals surface area contributed by atoms with Gasteiger partial charge in [-0.1, -0.05) is 42.5 Å². The maximum Gasteiger partial charge on any atom is 0.267 e. The highest BCUT2D eigenvalue weighted by atomic mass is 16.6. The van der Waals surface area contributed by atoms with Gasteiger partial charge in [0.1, 0.15) is 6.10 Å². The van der Waals surface area contributed by atoms with E-state index < -0.39 is 6.10 Å². The standard InChI is InChI=1S/C21H24N2O3/c1-14-20(26-19-10-6-5-9-18(19)25-14)21(24)23-12-16(11-22)17(13-23)15-7-3-2-4-8-15/h2-10,14,16-17,20H,11-13,22H2,1H3/t14?,16-,17+,20?/m1/s1. The third kappa shape index (κ3) is 3.03. The Labute approximate surface area is 153 Å². The molecule has 2 N–H and O–H groups in total. The number of hydrogen-bond acceptors (Lipinski definition) is 4. The van der Waals surface area contributed by atoms with Gasteiger partial charge in [0.25, 0.3) is 5.91 Å². The zero-order valence-electron chi connectivity index (χ0n) is 14.9. The molecule has 4 atom stereocenters. The molecule has 2 heterocycles. The minimum absolute atomic E-state index is 0.0242. The van der Waals surface area contributed by atoms with Gasteiger partial charge in [-0.3, -0.25) is 4.79 Å². The van der Waals surface area contributed by atoms with Crippen LogP contribution in [0.3, 0.4) is 0 Å². The highest BCUT2D eigenvalue weighted by Crippen LogP contribution is 2.36. The first-order chi connectivity index (χ1) is 12.7. The first kappa shape index (κ1) is 16.9. The lowest BCUT2D eigenvalue weighted by Gasteiger charge is -2.33. The summed E-state index contributed by atoms with van der Waals surface area (Å²) in [7, 11) is 0. The van der Waals surface area contributed by atoms with Crippen LogP contribution in [0.4, 0.5) is 0 Å². The van der Waals surface area contributed by atoms with Crippen molar-refractivity contribution < 1.29 is 14.3 Å². The number of nitrogens with zero attached hydrogens (tertiary/aromatic N) is 1. The average Bonchev–Trinajstić information content (AvgIpc) is 3.12. The number of ether oxygens (including phenoxy) is 2. The predicted octanol–water partition coefficient (Wildman–Crippen LogP) is 2.42. The van der Waals surface area contributed by atoms with Crippen LogP contribution in [0.2, 0.25) is 0 Å². The number of carbonyl (C=O) groups is 1. The maximum atomic E-state index is 13.1. The first-order valence-corrected chi connectivity index (χ1v) is 9.13. The number of hydrogen-bond donors (Lipinski definition) is 1. The summed E-state index contributed by atoms with van der Waals surface area (Å²) in [6.07, 6.45) is -0.956. The van der Waals surface area contributed by atoms with Gasteiger partial charge in [0, 0.05) is 19.0 Å². The topological polar surface area (TPSA) is 64.8 Å². The van der Waals surface area contributed by atoms with E-state index in [0.717, 1.165) is 0 Å². The molecular formula is C21H24N2O3. The molecule has 0 spiro atoms. The summed E-state index contributed by atoms with van der Waals surface area (Å²) >= 11 is 0. The molecule has 5 nitrogen and oxygen atoms in total. The van der Waals surface area contributed by atoms with E-state index in [2.05, 4.69) is 12.1 Å². The van der Waals surface area contributed by atoms with Gasteiger partial charge in [0.05, 0.1) is 0 Å². The fraction of sp³-hybridized carbons (Fsp3) is 0.381. The Balaban J connectivity index is 1.52. The molecule has 0 bridgehead atoms. The van der Waals surface area contributed by atoms with E-state index in [9.17, 15) is 4.79 Å². The Morgan fingerprint density at radius 3 is 2.38 bits per heavy atom. The van der Waals surface area contributed by atoms with Crippen LogP contribution in [-0.4, -0.2) is 42.6 Å². The van der Waals surface area contributed by atoms with Crippen molar-refractivity contribution in [3.8, 4) is 11.5 Å². The minimum atomic E-state index is -0.627. The van der Waals surface area contributed by atoms with E-state index >= 15 is 0 Å². The van der Waals surface area contributed by atoms with Crippen molar-refractivity contribution in [3.05, 3.63) is 60.2 Å². The highest BCUT2D eigenvalue weighted by Gasteiger charge is 2.42. The fourth-order valence-corrected chi connectivity index (χ4v) is 3.94. The smallest absolute Gasteiger partial charge is 0.267 e. The summed E-state index contributed by atoms with van der Waals surface area (Å²) in [4.78, 5) is 15.0. The van der Waals surface area contributed by atoms with Crippen LogP contribution in [0.15, 0.2) is 54.6 Å². The average molecular weight is 352 g/mol. The number of para-hydroxylation sites is 2. The molecule has 2 aromatic rings. The van der Waals surface area contributed by atoms with Crippen molar-refractivity contribution in [2.75, 3.05) is 19.6 Å². The molecule has 2 aromatic carbocycles. The van der Waals surface area contributed by atoms with Crippen LogP contribution in [0.25, 0.3) is 0 Å². The van der Waals surface area contributed by atoms with Gasteiger partial charge in [-0.25, -0.2) is 0 Å². The zero-order chi connectivity index (χ0) is 18.1. The Kier molecular flexibility index (Phi) is 4.55. The largest absolute Gasteiger partial charge is 0.482 e. The summed E-state index contributed by atoms with van der Waals surface area (Å²) in [6, 6.07) is 17.8. The van der Waals surface area contributed by atoms with E-state index in [4.69, 9.17) is 15.2 Å². The minimum Gasteiger partial charge on any atom is -0.482 e. The number of nitrogens with two attached hydrogens (primary N) is 1. The van der Waals surface area contributed by atoms with Gasteiger partial charge in [-0.2, -0.15) is 0 Å². The normalized spacial score (nSPS) is 27.4. The van der Waals surface area contributed by atoms with Gasteiger partial charge in [-0.05, 0) is 37.1 Å². The second-order valence-corrected chi connectivity index (χ2v) is 7.06. The zero-order valence-corrected chi connectivity index (χ0v) is 14.9. The third-order valence-electron chi connectivity index (χ3n) is 5.37. The number of fused-ring (bicyclic) bond motifs is 1. The number of rotatable bonds is 3. The second kappa shape index (κ2) is 7.00. The summed E-state index contributed by atoms with van der Waals surface area (Å²) in [6.45, 7) is 3.76. The van der Waals surface area contributed by atoms with E-state index in [1.54, 1.807) is 0 Å². The molecule has 0 aliphatic carbocycles. The second-order valence-electron chi connectivity index (χ2n) is 7.06. The predicted molar refractivity (Wildman–Crippen MR) is 99.3 cm³/mol. The molecule has 136 valence electrons. The van der Waals surface area contributed by atoms with Crippen molar-refractivity contribution in [1.82, 2.24) is 4.90 Å². The van der Waals surface area contributed by atoms with Gasteiger partial charge >= 0.3 is 0 Å². The van der Waals surface area contributed by atoms with Crippen molar-refractivity contribution in [2.45, 2.75) is 25.0 Å². The molecule has 26 heavy (non-hydrogen) atoms. The number of benzene rings is 2. The number of likely N-dealkylation sites (tertiary alicyclic amines) is 1. The summed E-state index contributed by atoms with van der Waals surface area (Å²) < 4.78 is 11.9. The monoisotopic (exact) mass is 352 g/mol. The number of amides is 1. The fourth-order valence-electron chi connectivity index (χ4n) is 3.94. The van der Waals surface area contributed by atoms with Crippen LogP contribution in [0.1, 0.15) is 18.4 Å². The Morgan fingerprint density at radius 1 is 1.04 bits per heavy atom. The third-order valence-corrected chi connectivity index (χ3v) is 5.37. The molecule has 1 saturated heterocycles. The van der Waals surface area contributed by atoms with Crippen LogP contribution in [0.5, 0.6) is 11.5 Å². The Hall–Kier alpha value is -2.53. The van der Waals surface area contributed by atoms with Gasteiger partial charge < -0.3 is 20.1 Å². The molecular weight excluding hydrogens is 328 g/mol. The first-order valence-electron chi connectivity index (χ1n) is 9.13. The van der Waals surface area contributed by atoms with E-state index in [0.29, 0.717) is 31.1 Å². The molecule has 0 aromatic heterocycles. The van der Waals surface area contributed by atoms with Crippen molar-refractivity contribution in [2.24, 2.45) is 11.7 Å². The van der Waals surface area contributed by atoms with Gasteiger partial charge in [0.15, 0.2) is 11.5 Å². The van der Waals surface area contributed by atoms with E-state index in [-0.39, 0.29) is 23.8 Å². The van der Waals surface area contributed by atoms with Crippen LogP contribution in [0, 0.1) is 5.92 Å². The molecule has 5 heteroatoms. The SMILES string of the molecule is CC1Oc2ccccc2OC1C(=O)N1C[C@@H](CN)[C@H](c2ccccc2)C1. The van der Waals surface area contributed by atoms with E-state index in [1.807, 2.05) is 54.3 Å². The van der Waals surface area contributed by atoms with Crippen molar-refractivity contribution in [3.63, 3.8) is 0 Å². The molecule has 4 rings (SSSR count). The lowest BCUT2D eigenvalue weighted by molar-refractivity contribution is -0.143. The van der Waals surface area contributed by atoms with Gasteiger partial charge in [-0.15, -0.1) is 0 Å². The maximum absolute atomic E-state index is 13.1. The highest BCUT2D eigenvalue weighted by molar-refractivity contribution is 5.83. The summed E-state index contributed by atoms with van der Waals surface area (Å²) in [5, 5.41) is 0. The molecule has 0 saturated carbocycles. The summed E-state index contributed by atoms with van der Waals surface area (Å²) in [5.41, 5.74) is 7.23. The number of carbonyl (C=O) groups excluding carboxylic acids is 1. The molecule has 1 fully saturated rings. The molecule has 2 unspecified atom stereocenters. The summed E-state index contributed by atoms with van der Waals surface area (Å²) in [5.74, 6) is 1.81. The Morgan fingerprint density at radius 2 is 1.69 bits per heavy atom. The lowest BCUT2D eigenvalue weighted by Crippen LogP contribution is -2.50. The van der Waals surface area contributed by atoms with Crippen molar-refractivity contribution in [1.29, 1.82) is 0 Å². The van der Waals surface area contributed by atoms with Crippen LogP contribution >= 0.6 is 0 Å². The van der Waals surface area contributed by atoms with Crippen LogP contribution in [-0.2, 0) is 4.79 Å². The van der Waals surface area contributed by atoms with Crippen molar-refractivity contribution >= 4 is 5.91 Å². The van der Waals surface area contributed by atoms with E-state index in [1.165, 1.54) is 5.56 Å². The molecule has 2 aliphatic heterocycles. The molecule has 0 radical (unpaired) electrons. The Bertz CT molecular complexity index is 780.